The topological polar surface area (TPSA) is 108 Å². The number of esters is 1. The lowest BCUT2D eigenvalue weighted by atomic mass is 10.2. The first-order valence-electron chi connectivity index (χ1n) is 6.12. The van der Waals surface area contributed by atoms with Gasteiger partial charge in [0.1, 0.15) is 5.01 Å². The van der Waals surface area contributed by atoms with E-state index in [4.69, 9.17) is 14.9 Å². The van der Waals surface area contributed by atoms with E-state index in [1.807, 2.05) is 12.3 Å². The van der Waals surface area contributed by atoms with E-state index in [-0.39, 0.29) is 18.9 Å². The van der Waals surface area contributed by atoms with E-state index >= 15 is 0 Å². The number of nitrogens with zero attached hydrogens (tertiary/aromatic N) is 2. The predicted octanol–water partition coefficient (Wildman–Crippen LogP) is 2.29. The van der Waals surface area contributed by atoms with Crippen LogP contribution in [0, 0.1) is 6.92 Å². The van der Waals surface area contributed by atoms with Crippen LogP contribution in [0.5, 0.6) is 0 Å². The van der Waals surface area contributed by atoms with Gasteiger partial charge in [0.2, 0.25) is 11.7 Å². The summed E-state index contributed by atoms with van der Waals surface area (Å²) in [5.74, 6) is -1.13. The van der Waals surface area contributed by atoms with E-state index in [0.717, 1.165) is 5.69 Å². The maximum atomic E-state index is 11.7. The Morgan fingerprint density at radius 1 is 1.50 bits per heavy atom. The van der Waals surface area contributed by atoms with E-state index in [1.54, 1.807) is 6.07 Å². The van der Waals surface area contributed by atoms with Gasteiger partial charge >= 0.3 is 5.97 Å². The number of aromatic nitrogens is 1. The van der Waals surface area contributed by atoms with Gasteiger partial charge in [0.15, 0.2) is 11.4 Å². The van der Waals surface area contributed by atoms with Crippen LogP contribution in [0.2, 0.25) is 0 Å². The van der Waals surface area contributed by atoms with Crippen molar-refractivity contribution >= 4 is 44.9 Å². The van der Waals surface area contributed by atoms with Crippen LogP contribution in [0.1, 0.15) is 27.7 Å². The molecule has 2 aromatic rings. The lowest BCUT2D eigenvalue weighted by Crippen LogP contribution is -2.18. The highest BCUT2D eigenvalue weighted by molar-refractivity contribution is 9.10. The number of primary amides is 1. The smallest absolute Gasteiger partial charge is 0.376 e. The molecule has 0 atom stereocenters. The number of ether oxygens (including phenoxy) is 1. The molecule has 0 fully saturated rings. The fraction of sp³-hybridized carbons (Fsp3) is 0.231. The summed E-state index contributed by atoms with van der Waals surface area (Å²) in [4.78, 5) is 31.1. The fourth-order valence-corrected chi connectivity index (χ4v) is 2.63. The van der Waals surface area contributed by atoms with Gasteiger partial charge in [0, 0.05) is 11.1 Å². The second-order valence-electron chi connectivity index (χ2n) is 4.21. The van der Waals surface area contributed by atoms with Gasteiger partial charge in [-0.2, -0.15) is 0 Å². The minimum Gasteiger partial charge on any atom is -0.442 e. The monoisotopic (exact) mass is 385 g/mol. The third kappa shape index (κ3) is 4.50. The van der Waals surface area contributed by atoms with Crippen molar-refractivity contribution < 1.29 is 18.7 Å². The maximum absolute atomic E-state index is 11.7. The molecule has 0 unspecified atom stereocenters. The normalized spacial score (nSPS) is 11.5. The first kappa shape index (κ1) is 16.4. The van der Waals surface area contributed by atoms with Crippen molar-refractivity contribution in [2.75, 3.05) is 6.73 Å². The second-order valence-corrected chi connectivity index (χ2v) is 5.85. The number of aliphatic imine (C=N–C) groups is 1. The van der Waals surface area contributed by atoms with Crippen molar-refractivity contribution in [3.8, 4) is 0 Å². The first-order chi connectivity index (χ1) is 10.5. The van der Waals surface area contributed by atoms with Crippen molar-refractivity contribution in [2.24, 2.45) is 10.7 Å². The summed E-state index contributed by atoms with van der Waals surface area (Å²) in [5.41, 5.74) is 6.39. The molecule has 0 aliphatic carbocycles. The minimum absolute atomic E-state index is 0.0589. The van der Waals surface area contributed by atoms with Gasteiger partial charge < -0.3 is 14.9 Å². The zero-order valence-corrected chi connectivity index (χ0v) is 13.9. The molecular formula is C13H12BrN3O4S. The minimum atomic E-state index is -0.650. The van der Waals surface area contributed by atoms with Crippen LogP contribution < -0.4 is 5.73 Å². The van der Waals surface area contributed by atoms with Gasteiger partial charge in [-0.05, 0) is 35.0 Å². The molecule has 0 aromatic carbocycles. The number of thiazole rings is 1. The molecule has 22 heavy (non-hydrogen) atoms. The summed E-state index contributed by atoms with van der Waals surface area (Å²) in [6.07, 6.45) is -0.0726. The summed E-state index contributed by atoms with van der Waals surface area (Å²) in [6.45, 7) is 1.58. The molecule has 0 saturated carbocycles. The molecule has 2 heterocycles. The van der Waals surface area contributed by atoms with Crippen LogP contribution in [0.3, 0.4) is 0 Å². The van der Waals surface area contributed by atoms with Gasteiger partial charge in [-0.25, -0.2) is 14.8 Å². The summed E-state index contributed by atoms with van der Waals surface area (Å²) in [7, 11) is 0. The number of halogens is 1. The quantitative estimate of drug-likeness (QED) is 0.605. The molecule has 0 aliphatic heterocycles. The maximum Gasteiger partial charge on any atom is 0.376 e. The molecule has 9 heteroatoms. The van der Waals surface area contributed by atoms with Crippen molar-refractivity contribution in [1.29, 1.82) is 0 Å². The highest BCUT2D eigenvalue weighted by Gasteiger charge is 2.14. The fourth-order valence-electron chi connectivity index (χ4n) is 1.51. The number of carbonyl (C=O) groups excluding carboxylic acids is 2. The molecule has 7 nitrogen and oxygen atoms in total. The number of rotatable bonds is 6. The van der Waals surface area contributed by atoms with Crippen LogP contribution in [-0.2, 0) is 9.53 Å². The van der Waals surface area contributed by atoms with E-state index < -0.39 is 11.9 Å². The molecule has 1 amide bonds. The molecule has 116 valence electrons. The Bertz CT molecular complexity index is 722. The number of aryl methyl sites for hydroxylation is 1. The molecule has 2 N–H and O–H groups in total. The Kier molecular flexibility index (Phi) is 5.45. The third-order valence-electron chi connectivity index (χ3n) is 2.43. The number of furan rings is 1. The average Bonchev–Trinajstić information content (AvgIpc) is 3.06. The Balaban J connectivity index is 2.03. The van der Waals surface area contributed by atoms with Gasteiger partial charge in [0.05, 0.1) is 12.1 Å². The zero-order valence-electron chi connectivity index (χ0n) is 11.5. The highest BCUT2D eigenvalue weighted by Crippen LogP contribution is 2.15. The van der Waals surface area contributed by atoms with Crippen molar-refractivity contribution in [3.05, 3.63) is 38.6 Å². The summed E-state index contributed by atoms with van der Waals surface area (Å²) in [6, 6.07) is 3.06. The number of amides is 1. The Morgan fingerprint density at radius 2 is 2.27 bits per heavy atom. The van der Waals surface area contributed by atoms with E-state index in [0.29, 0.717) is 15.4 Å². The number of hydrogen-bond acceptors (Lipinski definition) is 7. The second kappa shape index (κ2) is 7.32. The Labute approximate surface area is 138 Å². The van der Waals surface area contributed by atoms with Gasteiger partial charge in [-0.1, -0.05) is 0 Å². The lowest BCUT2D eigenvalue weighted by Gasteiger charge is -2.02. The van der Waals surface area contributed by atoms with Gasteiger partial charge in [-0.15, -0.1) is 11.3 Å². The Hall–Kier alpha value is -2.00. The molecule has 0 spiro atoms. The van der Waals surface area contributed by atoms with Crippen LogP contribution in [0.25, 0.3) is 0 Å². The number of hydrogen-bond donors (Lipinski definition) is 1. The van der Waals surface area contributed by atoms with Gasteiger partial charge in [-0.3, -0.25) is 4.79 Å². The van der Waals surface area contributed by atoms with Crippen molar-refractivity contribution in [3.63, 3.8) is 0 Å². The van der Waals surface area contributed by atoms with E-state index in [2.05, 4.69) is 25.9 Å². The lowest BCUT2D eigenvalue weighted by molar-refractivity contribution is -0.116. The van der Waals surface area contributed by atoms with Crippen molar-refractivity contribution in [1.82, 2.24) is 4.98 Å². The van der Waals surface area contributed by atoms with E-state index in [1.165, 1.54) is 17.4 Å². The SMILES string of the molecule is Cc1csc(/C(CC(N)=O)=N\COC(=O)c2ccc(Br)o2)n1. The third-order valence-corrected chi connectivity index (χ3v) is 3.87. The standard InChI is InChI=1S/C13H12BrN3O4S/c1-7-5-22-12(17-7)8(4-11(15)18)16-6-20-13(19)9-2-3-10(14)21-9/h2-3,5H,4,6H2,1H3,(H2,15,18)/b16-8-. The first-order valence-corrected chi connectivity index (χ1v) is 7.79. The van der Waals surface area contributed by atoms with E-state index in [9.17, 15) is 9.59 Å². The average molecular weight is 386 g/mol. The Morgan fingerprint density at radius 3 is 2.82 bits per heavy atom. The van der Waals surface area contributed by atoms with Crippen LogP contribution in [0.15, 0.2) is 31.6 Å². The molecule has 0 aliphatic rings. The summed E-state index contributed by atoms with van der Waals surface area (Å²) < 4.78 is 10.5. The van der Waals surface area contributed by atoms with Crippen molar-refractivity contribution in [2.45, 2.75) is 13.3 Å². The molecule has 0 radical (unpaired) electrons. The summed E-state index contributed by atoms with van der Waals surface area (Å²) in [5, 5.41) is 2.41. The molecule has 0 saturated heterocycles. The molecule has 2 rings (SSSR count). The van der Waals surface area contributed by atoms with Crippen LogP contribution >= 0.6 is 27.3 Å². The molecule has 2 aromatic heterocycles. The largest absolute Gasteiger partial charge is 0.442 e. The summed E-state index contributed by atoms with van der Waals surface area (Å²) >= 11 is 4.43. The van der Waals surface area contributed by atoms with Crippen LogP contribution in [0.4, 0.5) is 0 Å². The predicted molar refractivity (Wildman–Crippen MR) is 83.9 cm³/mol. The van der Waals surface area contributed by atoms with Crippen LogP contribution in [-0.4, -0.2) is 29.3 Å². The molecule has 0 bridgehead atoms. The number of carbonyl (C=O) groups is 2. The van der Waals surface area contributed by atoms with Gasteiger partial charge in [0.25, 0.3) is 0 Å². The highest BCUT2D eigenvalue weighted by atomic mass is 79.9. The number of nitrogens with two attached hydrogens (primary N) is 1. The zero-order chi connectivity index (χ0) is 16.1. The molecular weight excluding hydrogens is 374 g/mol.